The number of hydrogen-bond acceptors (Lipinski definition) is 7. The Labute approximate surface area is 261 Å². The minimum Gasteiger partial charge on any atom is -0.491 e. The van der Waals surface area contributed by atoms with E-state index < -0.39 is 17.7 Å². The fraction of sp³-hybridized carbons (Fsp3) is 0.516. The first-order valence-electron chi connectivity index (χ1n) is 14.7. The van der Waals surface area contributed by atoms with Crippen LogP contribution in [0.2, 0.25) is 5.02 Å². The van der Waals surface area contributed by atoms with Gasteiger partial charge in [0.1, 0.15) is 23.7 Å². The van der Waals surface area contributed by atoms with Gasteiger partial charge in [0.2, 0.25) is 0 Å². The molecular formula is C31H34ClF3N4O4S. The molecule has 8 nitrogen and oxygen atoms in total. The summed E-state index contributed by atoms with van der Waals surface area (Å²) >= 11 is 7.79. The van der Waals surface area contributed by atoms with Crippen LogP contribution in [0.25, 0.3) is 0 Å². The number of benzene rings is 1. The maximum atomic E-state index is 13.8. The van der Waals surface area contributed by atoms with E-state index >= 15 is 0 Å². The molecule has 0 saturated heterocycles. The summed E-state index contributed by atoms with van der Waals surface area (Å²) in [6, 6.07) is 4.98. The molecule has 1 aliphatic heterocycles. The predicted octanol–water partition coefficient (Wildman–Crippen LogP) is 6.26. The summed E-state index contributed by atoms with van der Waals surface area (Å²) in [5.41, 5.74) is 0.806. The fourth-order valence-corrected chi connectivity index (χ4v) is 8.17. The van der Waals surface area contributed by atoms with Crippen LogP contribution in [0.1, 0.15) is 76.4 Å². The van der Waals surface area contributed by atoms with Gasteiger partial charge in [0, 0.05) is 44.4 Å². The number of hydrogen-bond donors (Lipinski definition) is 2. The van der Waals surface area contributed by atoms with Crippen molar-refractivity contribution >= 4 is 34.6 Å². The van der Waals surface area contributed by atoms with Gasteiger partial charge in [-0.3, -0.25) is 14.3 Å². The first-order valence-corrected chi connectivity index (χ1v) is 16.0. The van der Waals surface area contributed by atoms with Gasteiger partial charge in [0.15, 0.2) is 0 Å². The minimum atomic E-state index is -4.30. The quantitative estimate of drug-likeness (QED) is 0.297. The normalized spacial score (nSPS) is 22.2. The molecule has 0 radical (unpaired) electrons. The van der Waals surface area contributed by atoms with Gasteiger partial charge < -0.3 is 15.2 Å². The van der Waals surface area contributed by atoms with E-state index in [1.54, 1.807) is 24.4 Å². The highest BCUT2D eigenvalue weighted by molar-refractivity contribution is 7.11. The van der Waals surface area contributed by atoms with Gasteiger partial charge in [-0.1, -0.05) is 11.6 Å². The van der Waals surface area contributed by atoms with Crippen LogP contribution in [-0.2, 0) is 19.4 Å². The Hall–Kier alpha value is -3.09. The van der Waals surface area contributed by atoms with Crippen molar-refractivity contribution in [3.63, 3.8) is 0 Å². The number of likely N-dealkylation sites (N-methyl/N-ethyl adjacent to an activating group) is 1. The zero-order valence-corrected chi connectivity index (χ0v) is 26.2. The summed E-state index contributed by atoms with van der Waals surface area (Å²) in [6.07, 6.45) is -2.21. The number of thiophene rings is 1. The molecule has 13 heteroatoms. The van der Waals surface area contributed by atoms with Crippen molar-refractivity contribution in [3.8, 4) is 5.75 Å². The van der Waals surface area contributed by atoms with Crippen molar-refractivity contribution < 1.29 is 27.8 Å². The summed E-state index contributed by atoms with van der Waals surface area (Å²) in [6.45, 7) is 4.11. The molecule has 0 spiro atoms. The third kappa shape index (κ3) is 5.38. The van der Waals surface area contributed by atoms with Crippen LogP contribution in [-0.4, -0.2) is 63.0 Å². The molecule has 1 saturated carbocycles. The summed E-state index contributed by atoms with van der Waals surface area (Å²) in [5.74, 6) is -0.00508. The fourth-order valence-electron chi connectivity index (χ4n) is 6.85. The number of carboxylic acids is 1. The van der Waals surface area contributed by atoms with E-state index in [0.717, 1.165) is 10.4 Å². The van der Waals surface area contributed by atoms with Crippen molar-refractivity contribution in [1.29, 1.82) is 0 Å². The maximum absolute atomic E-state index is 13.8. The van der Waals surface area contributed by atoms with E-state index in [1.165, 1.54) is 27.9 Å². The van der Waals surface area contributed by atoms with Gasteiger partial charge in [-0.05, 0) is 77.6 Å². The number of carboxylic acid groups (broad SMARTS) is 1. The molecule has 2 N–H and O–H groups in total. The van der Waals surface area contributed by atoms with Crippen LogP contribution in [0.15, 0.2) is 28.4 Å². The Morgan fingerprint density at radius 2 is 2.09 bits per heavy atom. The van der Waals surface area contributed by atoms with Gasteiger partial charge in [-0.25, -0.2) is 9.78 Å². The van der Waals surface area contributed by atoms with Crippen molar-refractivity contribution in [3.05, 3.63) is 72.0 Å². The van der Waals surface area contributed by atoms with Gasteiger partial charge >= 0.3 is 12.1 Å². The molecule has 0 amide bonds. The number of alkyl halides is 3. The summed E-state index contributed by atoms with van der Waals surface area (Å²) < 4.78 is 49.2. The predicted molar refractivity (Wildman–Crippen MR) is 163 cm³/mol. The lowest BCUT2D eigenvalue weighted by Crippen LogP contribution is -2.53. The topological polar surface area (TPSA) is 96.7 Å². The van der Waals surface area contributed by atoms with E-state index in [2.05, 4.69) is 10.3 Å². The molecule has 3 aromatic rings. The molecule has 1 fully saturated rings. The average molecular weight is 651 g/mol. The molecule has 2 aliphatic carbocycles. The van der Waals surface area contributed by atoms with Crippen LogP contribution < -0.4 is 15.6 Å². The molecule has 2 aromatic heterocycles. The van der Waals surface area contributed by atoms with Gasteiger partial charge in [-0.15, -0.1) is 11.3 Å². The molecular weight excluding hydrogens is 617 g/mol. The monoisotopic (exact) mass is 650 g/mol. The number of halogens is 4. The summed E-state index contributed by atoms with van der Waals surface area (Å²) in [4.78, 5) is 32.5. The summed E-state index contributed by atoms with van der Waals surface area (Å²) in [7, 11) is 1.53. The number of fused-ring (bicyclic) bond motifs is 2. The molecule has 3 aliphatic rings. The van der Waals surface area contributed by atoms with Gasteiger partial charge in [-0.2, -0.15) is 13.2 Å². The van der Waals surface area contributed by atoms with Crippen molar-refractivity contribution in [2.45, 2.75) is 88.6 Å². The lowest BCUT2D eigenvalue weighted by molar-refractivity contribution is -0.199. The number of anilines is 1. The zero-order valence-electron chi connectivity index (χ0n) is 24.6. The lowest BCUT2D eigenvalue weighted by atomic mass is 9.86. The first kappa shape index (κ1) is 30.9. The summed E-state index contributed by atoms with van der Waals surface area (Å²) in [5, 5.41) is 15.1. The molecule has 3 atom stereocenters. The highest BCUT2D eigenvalue weighted by Gasteiger charge is 2.66. The number of ether oxygens (including phenoxy) is 1. The van der Waals surface area contributed by atoms with E-state index in [4.69, 9.17) is 16.3 Å². The number of aromatic nitrogens is 2. The standard InChI is InChI=1S/C31H34ClF3N4O4S/c1-16-12-21(27-26(36-16)23(15-44-27)29(41)42)20-13-18(32)4-7-25(20)43-11-10-39-17(2)37-24-6-5-19(14-22(24)28(39)40)38(3)30(8-9-30)31(33,34)35/h4,7,13,15-16,19,21,36H,5-6,8-12,14H2,1-3H3,(H,41,42). The average Bonchev–Trinajstić information content (AvgIpc) is 3.68. The molecule has 6 rings (SSSR count). The van der Waals surface area contributed by atoms with Crippen LogP contribution in [0.3, 0.4) is 0 Å². The van der Waals surface area contributed by atoms with Crippen molar-refractivity contribution in [2.75, 3.05) is 19.0 Å². The minimum absolute atomic E-state index is 0.0172. The molecule has 3 heterocycles. The van der Waals surface area contributed by atoms with Gasteiger partial charge in [0.25, 0.3) is 5.56 Å². The highest BCUT2D eigenvalue weighted by Crippen LogP contribution is 2.54. The maximum Gasteiger partial charge on any atom is 0.406 e. The number of nitrogens with one attached hydrogen (secondary N) is 1. The third-order valence-corrected chi connectivity index (χ3v) is 10.8. The Balaban J connectivity index is 1.22. The smallest absolute Gasteiger partial charge is 0.406 e. The Kier molecular flexibility index (Phi) is 7.99. The van der Waals surface area contributed by atoms with Crippen molar-refractivity contribution in [1.82, 2.24) is 14.5 Å². The number of aromatic carboxylic acids is 1. The lowest BCUT2D eigenvalue weighted by Gasteiger charge is -2.38. The Morgan fingerprint density at radius 3 is 2.77 bits per heavy atom. The molecule has 3 unspecified atom stereocenters. The largest absolute Gasteiger partial charge is 0.491 e. The first-order chi connectivity index (χ1) is 20.8. The second-order valence-electron chi connectivity index (χ2n) is 12.1. The van der Waals surface area contributed by atoms with Crippen LogP contribution in [0.5, 0.6) is 5.75 Å². The van der Waals surface area contributed by atoms with E-state index in [0.29, 0.717) is 52.8 Å². The van der Waals surface area contributed by atoms with Crippen LogP contribution in [0.4, 0.5) is 18.9 Å². The molecule has 1 aromatic carbocycles. The molecule has 0 bridgehead atoms. The Morgan fingerprint density at radius 1 is 1.34 bits per heavy atom. The second-order valence-corrected chi connectivity index (χ2v) is 13.5. The van der Waals surface area contributed by atoms with Gasteiger partial charge in [0.05, 0.1) is 23.5 Å². The number of nitrogens with zero attached hydrogens (tertiary/aromatic N) is 3. The SMILES string of the molecule is Cc1nc2c(c(=O)n1CCOc1ccc(Cl)cc1C1CC(C)Nc3c(C(=O)O)csc31)CC(N(C)C1(C(F)(F)F)CC1)CC2. The van der Waals surface area contributed by atoms with E-state index in [-0.39, 0.29) is 61.5 Å². The number of rotatable bonds is 8. The van der Waals surface area contributed by atoms with Crippen molar-refractivity contribution in [2.24, 2.45) is 0 Å². The number of aryl methyl sites for hydroxylation is 2. The zero-order chi connectivity index (χ0) is 31.6. The number of carbonyl (C=O) groups is 1. The second kappa shape index (κ2) is 11.4. The molecule has 236 valence electrons. The van der Waals surface area contributed by atoms with E-state index in [9.17, 15) is 27.9 Å². The molecule has 44 heavy (non-hydrogen) atoms. The third-order valence-electron chi connectivity index (χ3n) is 9.43. The Bertz CT molecular complexity index is 1670. The van der Waals surface area contributed by atoms with Crippen LogP contribution in [0, 0.1) is 6.92 Å². The van der Waals surface area contributed by atoms with Crippen LogP contribution >= 0.6 is 22.9 Å². The van der Waals surface area contributed by atoms with E-state index in [1.807, 2.05) is 13.0 Å². The highest BCUT2D eigenvalue weighted by atomic mass is 35.5.